The zero-order chi connectivity index (χ0) is 18.5. The number of likely N-dealkylation sites (N-methyl/N-ethyl adjacent to an activating group) is 1. The van der Waals surface area contributed by atoms with Crippen molar-refractivity contribution in [2.75, 3.05) is 25.0 Å². The second-order valence-electron chi connectivity index (χ2n) is 5.89. The normalized spacial score (nSPS) is 14.4. The van der Waals surface area contributed by atoms with Crippen LogP contribution < -0.4 is 5.32 Å². The van der Waals surface area contributed by atoms with Crippen molar-refractivity contribution < 1.29 is 18.7 Å². The molecule has 0 saturated carbocycles. The van der Waals surface area contributed by atoms with Gasteiger partial charge < -0.3 is 14.5 Å². The van der Waals surface area contributed by atoms with Gasteiger partial charge in [0.15, 0.2) is 0 Å². The molecule has 138 valence electrons. The molecule has 0 spiro atoms. The van der Waals surface area contributed by atoms with Gasteiger partial charge in [-0.3, -0.25) is 9.69 Å². The quantitative estimate of drug-likeness (QED) is 0.618. The zero-order valence-corrected chi connectivity index (χ0v) is 15.7. The van der Waals surface area contributed by atoms with Gasteiger partial charge in [-0.2, -0.15) is 0 Å². The van der Waals surface area contributed by atoms with Crippen LogP contribution in [0, 0.1) is 0 Å². The molecule has 3 heterocycles. The molecule has 2 aromatic heterocycles. The minimum absolute atomic E-state index is 0.302. The number of thiophene rings is 1. The summed E-state index contributed by atoms with van der Waals surface area (Å²) < 4.78 is 10.4. The lowest BCUT2D eigenvalue weighted by Gasteiger charge is -2.25. The molecule has 0 unspecified atom stereocenters. The van der Waals surface area contributed by atoms with E-state index in [9.17, 15) is 9.59 Å². The van der Waals surface area contributed by atoms with Crippen LogP contribution in [0.2, 0.25) is 0 Å². The van der Waals surface area contributed by atoms with Crippen molar-refractivity contribution in [3.63, 3.8) is 0 Å². The number of carbonyl (C=O) groups excluding carboxylic acids is 2. The second-order valence-corrected chi connectivity index (χ2v) is 6.99. The number of fused-ring (bicyclic) bond motifs is 1. The third-order valence-electron chi connectivity index (χ3n) is 4.24. The largest absolute Gasteiger partial charge is 0.465 e. The number of nitrogens with zero attached hydrogens (tertiary/aromatic N) is 1. The number of amides is 1. The Morgan fingerprint density at radius 3 is 2.96 bits per heavy atom. The van der Waals surface area contributed by atoms with Crippen LogP contribution in [0.15, 0.2) is 28.9 Å². The number of hydrogen-bond donors (Lipinski definition) is 1. The standard InChI is InChI=1S/C19H22N2O4S/c1-3-21-10-9-14-15(12-21)26-18(17(14)19(23)24-4-2)20-16(22)8-7-13-6-5-11-25-13/h5-8,11H,3-4,9-10,12H2,1-2H3,(H,20,22)/b8-7+. The molecule has 1 N–H and O–H groups in total. The van der Waals surface area contributed by atoms with Crippen molar-refractivity contribution >= 4 is 34.3 Å². The topological polar surface area (TPSA) is 71.8 Å². The number of carbonyl (C=O) groups is 2. The Hall–Kier alpha value is -2.38. The van der Waals surface area contributed by atoms with Crippen molar-refractivity contribution in [2.45, 2.75) is 26.8 Å². The molecule has 0 atom stereocenters. The van der Waals surface area contributed by atoms with Gasteiger partial charge in [-0.25, -0.2) is 4.79 Å². The summed E-state index contributed by atoms with van der Waals surface area (Å²) in [7, 11) is 0. The lowest BCUT2D eigenvalue weighted by molar-refractivity contribution is -0.111. The van der Waals surface area contributed by atoms with Crippen LogP contribution in [0.4, 0.5) is 5.00 Å². The minimum atomic E-state index is -0.375. The van der Waals surface area contributed by atoms with E-state index in [1.54, 1.807) is 31.4 Å². The number of rotatable bonds is 6. The Balaban J connectivity index is 1.84. The Labute approximate surface area is 156 Å². The highest BCUT2D eigenvalue weighted by atomic mass is 32.1. The average molecular weight is 374 g/mol. The Morgan fingerprint density at radius 1 is 1.42 bits per heavy atom. The van der Waals surface area contributed by atoms with Crippen molar-refractivity contribution in [1.82, 2.24) is 4.90 Å². The van der Waals surface area contributed by atoms with E-state index in [4.69, 9.17) is 9.15 Å². The monoisotopic (exact) mass is 374 g/mol. The van der Waals surface area contributed by atoms with Gasteiger partial charge in [0.25, 0.3) is 0 Å². The predicted molar refractivity (Wildman–Crippen MR) is 101 cm³/mol. The Morgan fingerprint density at radius 2 is 2.27 bits per heavy atom. The highest BCUT2D eigenvalue weighted by molar-refractivity contribution is 7.17. The van der Waals surface area contributed by atoms with Crippen molar-refractivity contribution in [3.8, 4) is 0 Å². The zero-order valence-electron chi connectivity index (χ0n) is 14.9. The summed E-state index contributed by atoms with van der Waals surface area (Å²) in [6.07, 6.45) is 5.31. The molecule has 7 heteroatoms. The number of furan rings is 1. The smallest absolute Gasteiger partial charge is 0.341 e. The van der Waals surface area contributed by atoms with Crippen LogP contribution in [-0.4, -0.2) is 36.5 Å². The summed E-state index contributed by atoms with van der Waals surface area (Å²) in [6.45, 7) is 6.85. The van der Waals surface area contributed by atoms with Crippen molar-refractivity contribution in [3.05, 3.63) is 46.2 Å². The van der Waals surface area contributed by atoms with Crippen molar-refractivity contribution in [2.24, 2.45) is 0 Å². The van der Waals surface area contributed by atoms with Gasteiger partial charge in [0.05, 0.1) is 18.4 Å². The first-order valence-corrected chi connectivity index (χ1v) is 9.50. The van der Waals surface area contributed by atoms with E-state index in [0.29, 0.717) is 22.9 Å². The summed E-state index contributed by atoms with van der Waals surface area (Å²) in [6, 6.07) is 3.51. The number of nitrogens with one attached hydrogen (secondary N) is 1. The summed E-state index contributed by atoms with van der Waals surface area (Å²) in [5.41, 5.74) is 1.51. The van der Waals surface area contributed by atoms with Gasteiger partial charge in [0, 0.05) is 24.0 Å². The summed E-state index contributed by atoms with van der Waals surface area (Å²) in [5, 5.41) is 3.39. The molecule has 3 rings (SSSR count). The fraction of sp³-hybridized carbons (Fsp3) is 0.368. The van der Waals surface area contributed by atoms with E-state index in [1.807, 2.05) is 0 Å². The first kappa shape index (κ1) is 18.4. The van der Waals surface area contributed by atoms with Gasteiger partial charge >= 0.3 is 5.97 Å². The molecule has 0 bridgehead atoms. The van der Waals surface area contributed by atoms with Crippen LogP contribution in [0.1, 0.15) is 40.4 Å². The highest BCUT2D eigenvalue weighted by Crippen LogP contribution is 2.37. The number of esters is 1. The van der Waals surface area contributed by atoms with Gasteiger partial charge in [0.1, 0.15) is 10.8 Å². The molecule has 0 radical (unpaired) electrons. The molecule has 1 aliphatic heterocycles. The van der Waals surface area contributed by atoms with Gasteiger partial charge in [0.2, 0.25) is 5.91 Å². The molecule has 1 aliphatic rings. The van der Waals surface area contributed by atoms with Crippen LogP contribution >= 0.6 is 11.3 Å². The number of hydrogen-bond acceptors (Lipinski definition) is 6. The first-order chi connectivity index (χ1) is 12.6. The van der Waals surface area contributed by atoms with E-state index in [0.717, 1.165) is 36.5 Å². The summed E-state index contributed by atoms with van der Waals surface area (Å²) in [5.74, 6) is -0.0898. The molecule has 0 aromatic carbocycles. The fourth-order valence-electron chi connectivity index (χ4n) is 2.93. The highest BCUT2D eigenvalue weighted by Gasteiger charge is 2.28. The van der Waals surface area contributed by atoms with E-state index in [2.05, 4.69) is 17.1 Å². The van der Waals surface area contributed by atoms with Crippen molar-refractivity contribution in [1.29, 1.82) is 0 Å². The van der Waals surface area contributed by atoms with Crippen LogP contribution in [0.25, 0.3) is 6.08 Å². The van der Waals surface area contributed by atoms with E-state index in [-0.39, 0.29) is 11.9 Å². The predicted octanol–water partition coefficient (Wildman–Crippen LogP) is 3.55. The van der Waals surface area contributed by atoms with Gasteiger partial charge in [-0.15, -0.1) is 11.3 Å². The molecule has 2 aromatic rings. The maximum absolute atomic E-state index is 12.5. The molecule has 0 aliphatic carbocycles. The van der Waals surface area contributed by atoms with E-state index >= 15 is 0 Å². The van der Waals surface area contributed by atoms with Gasteiger partial charge in [-0.05, 0) is 43.7 Å². The van der Waals surface area contributed by atoms with Crippen LogP contribution in [-0.2, 0) is 22.5 Å². The lowest BCUT2D eigenvalue weighted by atomic mass is 10.0. The first-order valence-electron chi connectivity index (χ1n) is 8.69. The third kappa shape index (κ3) is 4.05. The SMILES string of the molecule is CCOC(=O)c1c(NC(=O)/C=C/c2ccco2)sc2c1CCN(CC)C2. The lowest BCUT2D eigenvalue weighted by Crippen LogP contribution is -2.30. The second kappa shape index (κ2) is 8.33. The molecular formula is C19H22N2O4S. The van der Waals surface area contributed by atoms with Crippen LogP contribution in [0.3, 0.4) is 0 Å². The van der Waals surface area contributed by atoms with E-state index in [1.165, 1.54) is 17.4 Å². The molecule has 6 nitrogen and oxygen atoms in total. The molecule has 0 saturated heterocycles. The van der Waals surface area contributed by atoms with E-state index < -0.39 is 0 Å². The van der Waals surface area contributed by atoms with Gasteiger partial charge in [-0.1, -0.05) is 6.92 Å². The average Bonchev–Trinajstić information content (AvgIpc) is 3.26. The molecular weight excluding hydrogens is 352 g/mol. The maximum Gasteiger partial charge on any atom is 0.341 e. The summed E-state index contributed by atoms with van der Waals surface area (Å²) >= 11 is 1.46. The Bertz CT molecular complexity index is 808. The van der Waals surface area contributed by atoms with Crippen LogP contribution in [0.5, 0.6) is 0 Å². The Kier molecular flexibility index (Phi) is 5.90. The number of ether oxygens (including phenoxy) is 1. The minimum Gasteiger partial charge on any atom is -0.465 e. The fourth-order valence-corrected chi connectivity index (χ4v) is 4.21. The maximum atomic E-state index is 12.5. The molecule has 26 heavy (non-hydrogen) atoms. The molecule has 1 amide bonds. The third-order valence-corrected chi connectivity index (χ3v) is 5.37. The number of anilines is 1. The molecule has 0 fully saturated rings. The summed E-state index contributed by atoms with van der Waals surface area (Å²) in [4.78, 5) is 28.2.